The maximum Gasteiger partial charge on any atom is 0.138 e. The molecule has 5 heteroatoms. The van der Waals surface area contributed by atoms with Crippen LogP contribution in [-0.4, -0.2) is 16.3 Å². The predicted molar refractivity (Wildman–Crippen MR) is 71.8 cm³/mol. The molecule has 96 valence electrons. The van der Waals surface area contributed by atoms with Crippen molar-refractivity contribution in [1.82, 2.24) is 9.78 Å². The van der Waals surface area contributed by atoms with Gasteiger partial charge in [0.15, 0.2) is 0 Å². The minimum absolute atomic E-state index is 0.413. The van der Waals surface area contributed by atoms with Crippen molar-refractivity contribution in [2.24, 2.45) is 12.8 Å². The summed E-state index contributed by atoms with van der Waals surface area (Å²) in [6.45, 7) is 1.03. The second-order valence-corrected chi connectivity index (χ2v) is 4.48. The van der Waals surface area contributed by atoms with E-state index in [4.69, 9.17) is 22.1 Å². The summed E-state index contributed by atoms with van der Waals surface area (Å²) in [5.41, 5.74) is 7.49. The average molecular weight is 266 g/mol. The molecule has 2 rings (SSSR count). The molecule has 0 saturated carbocycles. The summed E-state index contributed by atoms with van der Waals surface area (Å²) < 4.78 is 7.37. The third kappa shape index (κ3) is 3.24. The third-order valence-electron chi connectivity index (χ3n) is 2.57. The van der Waals surface area contributed by atoms with Crippen molar-refractivity contribution in [3.05, 3.63) is 46.7 Å². The molecule has 2 N–H and O–H groups in total. The van der Waals surface area contributed by atoms with Crippen molar-refractivity contribution in [2.45, 2.75) is 13.0 Å². The molecule has 0 fully saturated rings. The first-order valence-corrected chi connectivity index (χ1v) is 6.16. The van der Waals surface area contributed by atoms with Crippen LogP contribution in [0.5, 0.6) is 5.75 Å². The topological polar surface area (TPSA) is 53.1 Å². The van der Waals surface area contributed by atoms with Crippen LogP contribution in [0.3, 0.4) is 0 Å². The number of ether oxygens (including phenoxy) is 1. The highest BCUT2D eigenvalue weighted by Crippen LogP contribution is 2.26. The number of nitrogens with zero attached hydrogens (tertiary/aromatic N) is 2. The second-order valence-electron chi connectivity index (χ2n) is 4.07. The van der Waals surface area contributed by atoms with E-state index in [2.05, 4.69) is 5.10 Å². The fraction of sp³-hybridized carbons (Fsp3) is 0.308. The zero-order chi connectivity index (χ0) is 13.0. The monoisotopic (exact) mass is 265 g/mol. The molecule has 0 aliphatic carbocycles. The first kappa shape index (κ1) is 12.9. The fourth-order valence-corrected chi connectivity index (χ4v) is 1.93. The Morgan fingerprint density at radius 3 is 2.83 bits per heavy atom. The van der Waals surface area contributed by atoms with E-state index in [0.717, 1.165) is 17.7 Å². The first-order chi connectivity index (χ1) is 8.69. The van der Waals surface area contributed by atoms with Gasteiger partial charge in [0, 0.05) is 13.2 Å². The van der Waals surface area contributed by atoms with Gasteiger partial charge in [-0.25, -0.2) is 0 Å². The molecule has 1 heterocycles. The van der Waals surface area contributed by atoms with Gasteiger partial charge in [0.25, 0.3) is 0 Å². The van der Waals surface area contributed by atoms with Crippen molar-refractivity contribution < 1.29 is 4.74 Å². The highest BCUT2D eigenvalue weighted by molar-refractivity contribution is 6.32. The number of aromatic nitrogens is 2. The molecule has 0 atom stereocenters. The fourth-order valence-electron chi connectivity index (χ4n) is 1.68. The lowest BCUT2D eigenvalue weighted by Crippen LogP contribution is -2.03. The molecule has 2 aromatic rings. The Hall–Kier alpha value is -1.52. The van der Waals surface area contributed by atoms with Gasteiger partial charge in [-0.15, -0.1) is 0 Å². The molecule has 18 heavy (non-hydrogen) atoms. The Morgan fingerprint density at radius 2 is 2.22 bits per heavy atom. The van der Waals surface area contributed by atoms with Crippen LogP contribution >= 0.6 is 11.6 Å². The van der Waals surface area contributed by atoms with Crippen LogP contribution in [0.1, 0.15) is 11.3 Å². The number of hydrogen-bond acceptors (Lipinski definition) is 3. The van der Waals surface area contributed by atoms with Gasteiger partial charge in [0.2, 0.25) is 0 Å². The highest BCUT2D eigenvalue weighted by atomic mass is 35.5. The Kier molecular flexibility index (Phi) is 4.23. The lowest BCUT2D eigenvalue weighted by atomic mass is 10.1. The minimum atomic E-state index is 0.413. The van der Waals surface area contributed by atoms with Gasteiger partial charge < -0.3 is 10.5 Å². The first-order valence-electron chi connectivity index (χ1n) is 5.79. The molecule has 1 aromatic carbocycles. The maximum atomic E-state index is 6.15. The summed E-state index contributed by atoms with van der Waals surface area (Å²) in [4.78, 5) is 0. The van der Waals surface area contributed by atoms with Gasteiger partial charge in [-0.2, -0.15) is 5.10 Å². The number of aryl methyl sites for hydroxylation is 1. The average Bonchev–Trinajstić information content (AvgIpc) is 2.74. The van der Waals surface area contributed by atoms with Crippen LogP contribution in [-0.2, 0) is 20.1 Å². The largest absolute Gasteiger partial charge is 0.486 e. The molecule has 0 saturated heterocycles. The van der Waals surface area contributed by atoms with Crippen LogP contribution in [0.2, 0.25) is 5.02 Å². The molecule has 0 radical (unpaired) electrons. The molecule has 0 spiro atoms. The SMILES string of the molecule is Cn1ccc(COc2ccc(CCN)cc2Cl)n1. The summed E-state index contributed by atoms with van der Waals surface area (Å²) >= 11 is 6.15. The molecule has 4 nitrogen and oxygen atoms in total. The van der Waals surface area contributed by atoms with E-state index >= 15 is 0 Å². The van der Waals surface area contributed by atoms with Crippen molar-refractivity contribution >= 4 is 11.6 Å². The van der Waals surface area contributed by atoms with Crippen LogP contribution in [0.15, 0.2) is 30.5 Å². The van der Waals surface area contributed by atoms with Gasteiger partial charge in [-0.05, 0) is 36.7 Å². The Balaban J connectivity index is 2.01. The molecule has 0 unspecified atom stereocenters. The maximum absolute atomic E-state index is 6.15. The van der Waals surface area contributed by atoms with E-state index in [9.17, 15) is 0 Å². The van der Waals surface area contributed by atoms with Gasteiger partial charge in [0.05, 0.1) is 10.7 Å². The number of hydrogen-bond donors (Lipinski definition) is 1. The zero-order valence-electron chi connectivity index (χ0n) is 10.3. The van der Waals surface area contributed by atoms with E-state index in [-0.39, 0.29) is 0 Å². The number of nitrogens with two attached hydrogens (primary N) is 1. The molecule has 0 amide bonds. The molecular weight excluding hydrogens is 250 g/mol. The van der Waals surface area contributed by atoms with E-state index in [1.165, 1.54) is 0 Å². The number of benzene rings is 1. The molecular formula is C13H16ClN3O. The van der Waals surface area contributed by atoms with Crippen molar-refractivity contribution in [3.8, 4) is 5.75 Å². The minimum Gasteiger partial charge on any atom is -0.486 e. The van der Waals surface area contributed by atoms with Gasteiger partial charge >= 0.3 is 0 Å². The normalized spacial score (nSPS) is 10.6. The third-order valence-corrected chi connectivity index (χ3v) is 2.87. The van der Waals surface area contributed by atoms with Gasteiger partial charge in [-0.3, -0.25) is 4.68 Å². The predicted octanol–water partition coefficient (Wildman–Crippen LogP) is 2.15. The summed E-state index contributed by atoms with van der Waals surface area (Å²) in [6.07, 6.45) is 2.70. The van der Waals surface area contributed by atoms with E-state index in [1.807, 2.05) is 37.5 Å². The number of rotatable bonds is 5. The van der Waals surface area contributed by atoms with Crippen molar-refractivity contribution in [2.75, 3.05) is 6.54 Å². The highest BCUT2D eigenvalue weighted by Gasteiger charge is 2.04. The molecule has 0 bridgehead atoms. The Morgan fingerprint density at radius 1 is 1.39 bits per heavy atom. The molecule has 0 aliphatic rings. The van der Waals surface area contributed by atoms with Crippen LogP contribution in [0.4, 0.5) is 0 Å². The standard InChI is InChI=1S/C13H16ClN3O/c1-17-7-5-11(16-17)9-18-13-3-2-10(4-6-15)8-12(13)14/h2-3,5,7-8H,4,6,9,15H2,1H3. The quantitative estimate of drug-likeness (QED) is 0.901. The van der Waals surface area contributed by atoms with Crippen molar-refractivity contribution in [1.29, 1.82) is 0 Å². The zero-order valence-corrected chi connectivity index (χ0v) is 11.0. The Labute approximate surface area is 111 Å². The molecule has 1 aromatic heterocycles. The van der Waals surface area contributed by atoms with E-state index in [1.54, 1.807) is 4.68 Å². The van der Waals surface area contributed by atoms with Crippen LogP contribution in [0.25, 0.3) is 0 Å². The van der Waals surface area contributed by atoms with Crippen molar-refractivity contribution in [3.63, 3.8) is 0 Å². The second kappa shape index (κ2) is 5.89. The van der Waals surface area contributed by atoms with Crippen LogP contribution in [0, 0.1) is 0 Å². The van der Waals surface area contributed by atoms with E-state index < -0.39 is 0 Å². The van der Waals surface area contributed by atoms with E-state index in [0.29, 0.717) is 23.9 Å². The van der Waals surface area contributed by atoms with Gasteiger partial charge in [0.1, 0.15) is 12.4 Å². The summed E-state index contributed by atoms with van der Waals surface area (Å²) in [5, 5.41) is 4.84. The summed E-state index contributed by atoms with van der Waals surface area (Å²) in [7, 11) is 1.87. The summed E-state index contributed by atoms with van der Waals surface area (Å²) in [6, 6.07) is 7.65. The smallest absolute Gasteiger partial charge is 0.138 e. The number of halogens is 1. The summed E-state index contributed by atoms with van der Waals surface area (Å²) in [5.74, 6) is 0.670. The lowest BCUT2D eigenvalue weighted by Gasteiger charge is -2.08. The van der Waals surface area contributed by atoms with Crippen LogP contribution < -0.4 is 10.5 Å². The van der Waals surface area contributed by atoms with Gasteiger partial charge in [-0.1, -0.05) is 17.7 Å². The lowest BCUT2D eigenvalue weighted by molar-refractivity contribution is 0.300. The Bertz CT molecular complexity index is 525. The molecule has 0 aliphatic heterocycles.